The molecule has 1 aliphatic rings. The van der Waals surface area contributed by atoms with Crippen molar-refractivity contribution in [2.45, 2.75) is 84.3 Å². The second-order valence-corrected chi connectivity index (χ2v) is 51.1. The van der Waals surface area contributed by atoms with E-state index in [0.717, 1.165) is 12.8 Å². The Hall–Kier alpha value is -0.482. The summed E-state index contributed by atoms with van der Waals surface area (Å²) in [6.07, 6.45) is 1.84. The molecule has 28 heavy (non-hydrogen) atoms. The summed E-state index contributed by atoms with van der Waals surface area (Å²) in [5.74, 6) is 0.360. The lowest BCUT2D eigenvalue weighted by Gasteiger charge is -2.62. The maximum atomic E-state index is 13.0. The molecule has 2 rings (SSSR count). The van der Waals surface area contributed by atoms with Crippen molar-refractivity contribution in [3.63, 3.8) is 0 Å². The van der Waals surface area contributed by atoms with E-state index < -0.39 is 29.6 Å². The van der Waals surface area contributed by atoms with Gasteiger partial charge in [0.05, 0.1) is 34.3 Å². The van der Waals surface area contributed by atoms with E-state index in [9.17, 15) is 4.79 Å². The van der Waals surface area contributed by atoms with Gasteiger partial charge in [-0.25, -0.2) is 0 Å². The van der Waals surface area contributed by atoms with Gasteiger partial charge in [-0.2, -0.15) is 0 Å². The molecule has 1 saturated carbocycles. The SMILES string of the molecule is C[C@]1(O[Si]([Si](C)(C)C)([Si](C)(C)C)[Si](C)(C)C)CC[C@@H]1C(=O)Oc1ccccc1. The van der Waals surface area contributed by atoms with Crippen molar-refractivity contribution in [1.82, 2.24) is 0 Å². The highest BCUT2D eigenvalue weighted by Crippen LogP contribution is 2.49. The lowest BCUT2D eigenvalue weighted by atomic mass is 9.71. The summed E-state index contributed by atoms with van der Waals surface area (Å²) < 4.78 is 13.2. The molecule has 0 aromatic heterocycles. The third kappa shape index (κ3) is 4.19. The first-order valence-corrected chi connectivity index (χ1v) is 25.9. The van der Waals surface area contributed by atoms with Gasteiger partial charge in [-0.15, -0.1) is 0 Å². The molecule has 0 N–H and O–H groups in total. The van der Waals surface area contributed by atoms with E-state index in [-0.39, 0.29) is 17.5 Å². The molecule has 0 bridgehead atoms. The minimum absolute atomic E-state index is 0.121. The predicted octanol–water partition coefficient (Wildman–Crippen LogP) is 5.97. The topological polar surface area (TPSA) is 35.5 Å². The average molecular weight is 453 g/mol. The van der Waals surface area contributed by atoms with Gasteiger partial charge in [-0.1, -0.05) is 77.1 Å². The maximum absolute atomic E-state index is 13.0. The van der Waals surface area contributed by atoms with Gasteiger partial charge >= 0.3 is 5.97 Å². The number of benzene rings is 1. The number of esters is 1. The number of hydrogen-bond acceptors (Lipinski definition) is 3. The quantitative estimate of drug-likeness (QED) is 0.290. The van der Waals surface area contributed by atoms with Crippen LogP contribution >= 0.6 is 0 Å². The standard InChI is InChI=1S/C21H40O3Si4/c1-21(17-16-19(21)20(22)23-18-14-12-11-13-15-18)24-28(25(2,3)4,26(5,6)7)27(8,9)10/h11-15,19H,16-17H2,1-10H3/t19-,21+/m1/s1. The second-order valence-electron chi connectivity index (χ2n) is 11.7. The first-order chi connectivity index (χ1) is 12.6. The van der Waals surface area contributed by atoms with E-state index >= 15 is 0 Å². The fourth-order valence-corrected chi connectivity index (χ4v) is 101. The Bertz CT molecular complexity index is 665. The summed E-state index contributed by atoms with van der Waals surface area (Å²) >= 11 is 0. The monoisotopic (exact) mass is 452 g/mol. The first kappa shape index (κ1) is 23.8. The third-order valence-corrected chi connectivity index (χ3v) is 74.0. The van der Waals surface area contributed by atoms with Gasteiger partial charge in [0.25, 0.3) is 0 Å². The van der Waals surface area contributed by atoms with Crippen molar-refractivity contribution in [2.75, 3.05) is 0 Å². The van der Waals surface area contributed by atoms with Gasteiger partial charge in [0.15, 0.2) is 6.87 Å². The van der Waals surface area contributed by atoms with Crippen LogP contribution in [0.4, 0.5) is 0 Å². The van der Waals surface area contributed by atoms with Crippen molar-refractivity contribution >= 4 is 35.6 Å². The highest BCUT2D eigenvalue weighted by molar-refractivity contribution is 7.87. The van der Waals surface area contributed by atoms with E-state index in [2.05, 4.69) is 65.8 Å². The van der Waals surface area contributed by atoms with Crippen LogP contribution in [0.5, 0.6) is 5.75 Å². The highest BCUT2D eigenvalue weighted by atomic mass is 29.9. The zero-order valence-electron chi connectivity index (χ0n) is 19.6. The molecule has 0 heterocycles. The van der Waals surface area contributed by atoms with E-state index in [1.807, 2.05) is 30.3 Å². The van der Waals surface area contributed by atoms with Gasteiger partial charge in [0.1, 0.15) is 5.75 Å². The second kappa shape index (κ2) is 7.65. The fourth-order valence-electron chi connectivity index (χ4n) is 6.04. The molecule has 0 saturated heterocycles. The van der Waals surface area contributed by atoms with Crippen molar-refractivity contribution in [1.29, 1.82) is 0 Å². The fraction of sp³-hybridized carbons (Fsp3) is 0.667. The molecule has 2 atom stereocenters. The molecule has 1 fully saturated rings. The van der Waals surface area contributed by atoms with Gasteiger partial charge in [-0.05, 0) is 31.9 Å². The zero-order chi connectivity index (χ0) is 21.6. The molecule has 0 aliphatic heterocycles. The highest BCUT2D eigenvalue weighted by Gasteiger charge is 2.67. The molecule has 0 unspecified atom stereocenters. The number of carbonyl (C=O) groups is 1. The van der Waals surface area contributed by atoms with Crippen LogP contribution in [0.25, 0.3) is 0 Å². The van der Waals surface area contributed by atoms with Gasteiger partial charge < -0.3 is 9.16 Å². The Kier molecular flexibility index (Phi) is 6.50. The van der Waals surface area contributed by atoms with Crippen LogP contribution in [-0.4, -0.2) is 41.2 Å². The number of carbonyl (C=O) groups excluding carboxylic acids is 1. The van der Waals surface area contributed by atoms with Crippen LogP contribution in [0.2, 0.25) is 58.9 Å². The average Bonchev–Trinajstić information content (AvgIpc) is 2.48. The predicted molar refractivity (Wildman–Crippen MR) is 130 cm³/mol. The van der Waals surface area contributed by atoms with E-state index in [1.54, 1.807) is 0 Å². The van der Waals surface area contributed by atoms with Crippen LogP contribution in [0.15, 0.2) is 30.3 Å². The lowest BCUT2D eigenvalue weighted by Crippen LogP contribution is -2.86. The summed E-state index contributed by atoms with van der Waals surface area (Å²) in [6, 6.07) is 9.43. The maximum Gasteiger partial charge on any atom is 0.317 e. The number of rotatable bonds is 7. The van der Waals surface area contributed by atoms with Gasteiger partial charge in [0.2, 0.25) is 0 Å². The van der Waals surface area contributed by atoms with E-state index in [1.165, 1.54) is 0 Å². The Morgan fingerprint density at radius 1 is 0.893 bits per heavy atom. The van der Waals surface area contributed by atoms with Crippen LogP contribution in [0, 0.1) is 5.92 Å². The van der Waals surface area contributed by atoms with Crippen LogP contribution in [0.3, 0.4) is 0 Å². The Morgan fingerprint density at radius 3 is 1.71 bits per heavy atom. The number of hydrogen-bond donors (Lipinski definition) is 0. The zero-order valence-corrected chi connectivity index (χ0v) is 23.6. The molecule has 1 aromatic carbocycles. The molecule has 0 radical (unpaired) electrons. The van der Waals surface area contributed by atoms with Crippen molar-refractivity contribution in [3.8, 4) is 5.75 Å². The van der Waals surface area contributed by atoms with Crippen LogP contribution < -0.4 is 4.74 Å². The summed E-state index contributed by atoms with van der Waals surface area (Å²) in [7, 11) is -4.65. The molecule has 1 aromatic rings. The van der Waals surface area contributed by atoms with E-state index in [4.69, 9.17) is 9.16 Å². The summed E-state index contributed by atoms with van der Waals surface area (Å²) in [4.78, 5) is 13.0. The minimum atomic E-state index is -1.98. The van der Waals surface area contributed by atoms with Gasteiger partial charge in [0, 0.05) is 0 Å². The Morgan fingerprint density at radius 2 is 1.36 bits per heavy atom. The number of ether oxygens (including phenoxy) is 1. The normalized spacial score (nSPS) is 23.9. The molecular formula is C21H40O3Si4. The van der Waals surface area contributed by atoms with Crippen molar-refractivity contribution < 1.29 is 14.0 Å². The summed E-state index contributed by atoms with van der Waals surface area (Å²) in [5.41, 5.74) is -0.362. The molecule has 3 nitrogen and oxygen atoms in total. The molecular weight excluding hydrogens is 413 g/mol. The van der Waals surface area contributed by atoms with E-state index in [0.29, 0.717) is 5.75 Å². The Balaban J connectivity index is 2.37. The molecule has 0 spiro atoms. The molecule has 7 heteroatoms. The Labute approximate surface area is 175 Å². The first-order valence-electron chi connectivity index (χ1n) is 10.5. The number of para-hydroxylation sites is 1. The van der Waals surface area contributed by atoms with Gasteiger partial charge in [-0.3, -0.25) is 4.79 Å². The molecule has 158 valence electrons. The smallest absolute Gasteiger partial charge is 0.317 e. The van der Waals surface area contributed by atoms with Crippen LogP contribution in [-0.2, 0) is 9.22 Å². The summed E-state index contributed by atoms with van der Waals surface area (Å²) in [6.45, 7) is 22.9. The third-order valence-electron chi connectivity index (χ3n) is 6.47. The molecule has 1 aliphatic carbocycles. The summed E-state index contributed by atoms with van der Waals surface area (Å²) in [5, 5.41) is 0. The van der Waals surface area contributed by atoms with Crippen molar-refractivity contribution in [2.24, 2.45) is 5.92 Å². The van der Waals surface area contributed by atoms with Crippen molar-refractivity contribution in [3.05, 3.63) is 30.3 Å². The van der Waals surface area contributed by atoms with Crippen LogP contribution in [0.1, 0.15) is 19.8 Å². The molecule has 0 amide bonds. The largest absolute Gasteiger partial charge is 0.426 e. The minimum Gasteiger partial charge on any atom is -0.426 e. The lowest BCUT2D eigenvalue weighted by molar-refractivity contribution is -0.157.